The lowest BCUT2D eigenvalue weighted by Crippen LogP contribution is -2.40. The van der Waals surface area contributed by atoms with Crippen LogP contribution < -0.4 is 5.32 Å². The first-order valence-corrected chi connectivity index (χ1v) is 8.14. The minimum absolute atomic E-state index is 0.120. The van der Waals surface area contributed by atoms with Crippen molar-refractivity contribution >= 4 is 5.91 Å². The molecule has 1 saturated heterocycles. The number of nitrogens with one attached hydrogen (secondary N) is 1. The van der Waals surface area contributed by atoms with Gasteiger partial charge in [-0.3, -0.25) is 9.48 Å². The third-order valence-corrected chi connectivity index (χ3v) is 4.24. The predicted octanol–water partition coefficient (Wildman–Crippen LogP) is 1.06. The number of aryl methyl sites for hydroxylation is 2. The average Bonchev–Trinajstić information content (AvgIpc) is 2.95. The lowest BCUT2D eigenvalue weighted by molar-refractivity contribution is -0.121. The molecule has 2 heterocycles. The Morgan fingerprint density at radius 2 is 2.18 bits per heavy atom. The molecule has 2 rings (SSSR count). The normalized spacial score (nSPS) is 16.8. The summed E-state index contributed by atoms with van der Waals surface area (Å²) >= 11 is 0. The third-order valence-electron chi connectivity index (χ3n) is 4.24. The first-order chi connectivity index (χ1) is 10.7. The topological polar surface area (TPSA) is 59.4 Å². The van der Waals surface area contributed by atoms with Crippen molar-refractivity contribution in [3.05, 3.63) is 18.0 Å². The molecule has 0 atom stereocenters. The first-order valence-electron chi connectivity index (χ1n) is 8.14. The molecular weight excluding hydrogens is 280 g/mol. The number of carbonyl (C=O) groups is 1. The average molecular weight is 308 g/mol. The zero-order chi connectivity index (χ0) is 15.8. The molecule has 6 nitrogen and oxygen atoms in total. The van der Waals surface area contributed by atoms with Crippen molar-refractivity contribution in [1.29, 1.82) is 0 Å². The van der Waals surface area contributed by atoms with E-state index in [9.17, 15) is 4.79 Å². The molecule has 1 N–H and O–H groups in total. The highest BCUT2D eigenvalue weighted by Gasteiger charge is 2.19. The molecule has 124 valence electrons. The van der Waals surface area contributed by atoms with Crippen LogP contribution in [0.2, 0.25) is 0 Å². The van der Waals surface area contributed by atoms with Gasteiger partial charge in [0.1, 0.15) is 0 Å². The van der Waals surface area contributed by atoms with Crippen LogP contribution in [-0.4, -0.2) is 60.5 Å². The van der Waals surface area contributed by atoms with E-state index in [0.717, 1.165) is 51.2 Å². The van der Waals surface area contributed by atoms with Gasteiger partial charge in [0.05, 0.1) is 12.8 Å². The van der Waals surface area contributed by atoms with Crippen LogP contribution in [0.15, 0.2) is 12.4 Å². The van der Waals surface area contributed by atoms with Gasteiger partial charge in [-0.1, -0.05) is 0 Å². The summed E-state index contributed by atoms with van der Waals surface area (Å²) in [5.41, 5.74) is 1.13. The highest BCUT2D eigenvalue weighted by Crippen LogP contribution is 2.16. The second kappa shape index (κ2) is 8.90. The number of aromatic nitrogens is 2. The number of rotatable bonds is 8. The Kier molecular flexibility index (Phi) is 6.86. The van der Waals surface area contributed by atoms with E-state index in [1.54, 1.807) is 7.11 Å². The molecule has 1 aliphatic rings. The maximum Gasteiger partial charge on any atom is 0.221 e. The zero-order valence-electron chi connectivity index (χ0n) is 13.8. The Hall–Kier alpha value is -1.40. The highest BCUT2D eigenvalue weighted by molar-refractivity contribution is 5.75. The van der Waals surface area contributed by atoms with Gasteiger partial charge in [0, 0.05) is 39.4 Å². The number of carbonyl (C=O) groups excluding carboxylic acids is 1. The van der Waals surface area contributed by atoms with E-state index in [4.69, 9.17) is 4.74 Å². The zero-order valence-corrected chi connectivity index (χ0v) is 13.8. The maximum absolute atomic E-state index is 11.9. The van der Waals surface area contributed by atoms with Gasteiger partial charge < -0.3 is 15.0 Å². The number of nitrogens with zero attached hydrogens (tertiary/aromatic N) is 3. The Bertz CT molecular complexity index is 453. The molecule has 0 saturated carbocycles. The summed E-state index contributed by atoms with van der Waals surface area (Å²) in [5.74, 6) is 0.727. The summed E-state index contributed by atoms with van der Waals surface area (Å²) in [6.07, 6.45) is 6.58. The van der Waals surface area contributed by atoms with E-state index < -0.39 is 0 Å². The molecule has 22 heavy (non-hydrogen) atoms. The fraction of sp³-hybridized carbons (Fsp3) is 0.750. The monoisotopic (exact) mass is 308 g/mol. The number of amides is 1. The van der Waals surface area contributed by atoms with Crippen molar-refractivity contribution < 1.29 is 9.53 Å². The Balaban J connectivity index is 1.57. The molecule has 1 aromatic heterocycles. The van der Waals surface area contributed by atoms with Crippen molar-refractivity contribution in [2.75, 3.05) is 39.9 Å². The molecule has 6 heteroatoms. The van der Waals surface area contributed by atoms with Gasteiger partial charge in [-0.25, -0.2) is 0 Å². The standard InChI is InChI=1S/C16H28N4O2/c1-14-11-18-20(13-14)8-5-16(21)17-12-15-3-6-19(7-4-15)9-10-22-2/h11,13,15H,3-10,12H2,1-2H3,(H,17,21). The molecule has 1 amide bonds. The van der Waals surface area contributed by atoms with Crippen molar-refractivity contribution in [3.63, 3.8) is 0 Å². The Labute approximate surface area is 132 Å². The van der Waals surface area contributed by atoms with Gasteiger partial charge in [0.25, 0.3) is 0 Å². The summed E-state index contributed by atoms with van der Waals surface area (Å²) < 4.78 is 6.93. The van der Waals surface area contributed by atoms with Crippen molar-refractivity contribution in [3.8, 4) is 0 Å². The number of piperidine rings is 1. The van der Waals surface area contributed by atoms with Crippen molar-refractivity contribution in [1.82, 2.24) is 20.0 Å². The first kappa shape index (κ1) is 17.0. The molecule has 0 aromatic carbocycles. The molecule has 0 radical (unpaired) electrons. The molecule has 0 bridgehead atoms. The van der Waals surface area contributed by atoms with Gasteiger partial charge in [-0.15, -0.1) is 0 Å². The molecule has 1 fully saturated rings. The van der Waals surface area contributed by atoms with E-state index in [2.05, 4.69) is 15.3 Å². The van der Waals surface area contributed by atoms with Gasteiger partial charge in [0.2, 0.25) is 5.91 Å². The van der Waals surface area contributed by atoms with Crippen LogP contribution in [0, 0.1) is 12.8 Å². The van der Waals surface area contributed by atoms with E-state index >= 15 is 0 Å². The van der Waals surface area contributed by atoms with Crippen LogP contribution >= 0.6 is 0 Å². The molecule has 0 spiro atoms. The second-order valence-corrected chi connectivity index (χ2v) is 6.11. The van der Waals surface area contributed by atoms with E-state index in [1.165, 1.54) is 0 Å². The maximum atomic E-state index is 11.9. The second-order valence-electron chi connectivity index (χ2n) is 6.11. The van der Waals surface area contributed by atoms with Gasteiger partial charge in [-0.05, 0) is 44.3 Å². The molecule has 0 aliphatic carbocycles. The fourth-order valence-corrected chi connectivity index (χ4v) is 2.79. The molecule has 1 aromatic rings. The van der Waals surface area contributed by atoms with E-state index in [0.29, 0.717) is 18.9 Å². The summed E-state index contributed by atoms with van der Waals surface area (Å²) in [6.45, 7) is 7.48. The van der Waals surface area contributed by atoms with Crippen LogP contribution in [0.4, 0.5) is 0 Å². The lowest BCUT2D eigenvalue weighted by atomic mass is 9.97. The smallest absolute Gasteiger partial charge is 0.221 e. The number of ether oxygens (including phenoxy) is 1. The SMILES string of the molecule is COCCN1CCC(CNC(=O)CCn2cc(C)cn2)CC1. The number of likely N-dealkylation sites (tertiary alicyclic amines) is 1. The fourth-order valence-electron chi connectivity index (χ4n) is 2.79. The van der Waals surface area contributed by atoms with Crippen LogP contribution in [0.1, 0.15) is 24.8 Å². The predicted molar refractivity (Wildman–Crippen MR) is 85.6 cm³/mol. The third kappa shape index (κ3) is 5.77. The largest absolute Gasteiger partial charge is 0.383 e. The van der Waals surface area contributed by atoms with E-state index in [1.807, 2.05) is 24.0 Å². The minimum Gasteiger partial charge on any atom is -0.383 e. The summed E-state index contributed by atoms with van der Waals surface area (Å²) in [7, 11) is 1.74. The van der Waals surface area contributed by atoms with Crippen LogP contribution in [0.5, 0.6) is 0 Å². The molecule has 0 unspecified atom stereocenters. The Morgan fingerprint density at radius 1 is 1.41 bits per heavy atom. The number of hydrogen-bond acceptors (Lipinski definition) is 4. The van der Waals surface area contributed by atoms with Crippen molar-refractivity contribution in [2.24, 2.45) is 5.92 Å². The summed E-state index contributed by atoms with van der Waals surface area (Å²) in [6, 6.07) is 0. The quantitative estimate of drug-likeness (QED) is 0.780. The summed E-state index contributed by atoms with van der Waals surface area (Å²) in [4.78, 5) is 14.3. The number of methoxy groups -OCH3 is 1. The van der Waals surface area contributed by atoms with Crippen LogP contribution in [-0.2, 0) is 16.1 Å². The van der Waals surface area contributed by atoms with E-state index in [-0.39, 0.29) is 5.91 Å². The molecule has 1 aliphatic heterocycles. The van der Waals surface area contributed by atoms with Crippen LogP contribution in [0.25, 0.3) is 0 Å². The van der Waals surface area contributed by atoms with Gasteiger partial charge >= 0.3 is 0 Å². The molecular formula is C16H28N4O2. The van der Waals surface area contributed by atoms with Gasteiger partial charge in [-0.2, -0.15) is 5.10 Å². The minimum atomic E-state index is 0.120. The van der Waals surface area contributed by atoms with Crippen LogP contribution in [0.3, 0.4) is 0 Å². The van der Waals surface area contributed by atoms with Crippen molar-refractivity contribution in [2.45, 2.75) is 32.7 Å². The Morgan fingerprint density at radius 3 is 2.82 bits per heavy atom. The summed E-state index contributed by atoms with van der Waals surface area (Å²) in [5, 5.41) is 7.26. The van der Waals surface area contributed by atoms with Gasteiger partial charge in [0.15, 0.2) is 0 Å². The lowest BCUT2D eigenvalue weighted by Gasteiger charge is -2.31. The highest BCUT2D eigenvalue weighted by atomic mass is 16.5. The number of hydrogen-bond donors (Lipinski definition) is 1.